The quantitative estimate of drug-likeness (QED) is 0.831. The molecule has 3 heterocycles. The first-order valence-electron chi connectivity index (χ1n) is 5.98. The van der Waals surface area contributed by atoms with Crippen LogP contribution in [-0.4, -0.2) is 31.2 Å². The molecular formula is C12H15N5S. The van der Waals surface area contributed by atoms with Crippen molar-refractivity contribution in [2.45, 2.75) is 19.5 Å². The maximum absolute atomic E-state index is 5.04. The number of hydrogen-bond acceptors (Lipinski definition) is 4. The van der Waals surface area contributed by atoms with Crippen molar-refractivity contribution in [1.82, 2.24) is 24.6 Å². The van der Waals surface area contributed by atoms with Crippen molar-refractivity contribution >= 4 is 12.2 Å². The van der Waals surface area contributed by atoms with E-state index in [1.807, 2.05) is 24.1 Å². The normalized spacial score (nSPS) is 15.6. The second-order valence-corrected chi connectivity index (χ2v) is 5.02. The highest BCUT2D eigenvalue weighted by atomic mass is 32.1. The number of aromatic amines is 1. The molecule has 18 heavy (non-hydrogen) atoms. The van der Waals surface area contributed by atoms with Gasteiger partial charge in [0.1, 0.15) is 0 Å². The molecule has 0 unspecified atom stereocenters. The fraction of sp³-hybridized carbons (Fsp3) is 0.417. The fourth-order valence-electron chi connectivity index (χ4n) is 2.32. The first-order chi connectivity index (χ1) is 8.70. The van der Waals surface area contributed by atoms with Gasteiger partial charge in [-0.05, 0) is 18.3 Å². The Balaban J connectivity index is 1.75. The van der Waals surface area contributed by atoms with Crippen LogP contribution in [0.15, 0.2) is 18.5 Å². The Morgan fingerprint density at radius 2 is 2.39 bits per heavy atom. The van der Waals surface area contributed by atoms with Crippen LogP contribution in [0.2, 0.25) is 0 Å². The van der Waals surface area contributed by atoms with Crippen LogP contribution in [0, 0.1) is 4.77 Å². The zero-order valence-electron chi connectivity index (χ0n) is 10.3. The van der Waals surface area contributed by atoms with Crippen LogP contribution in [-0.2, 0) is 26.6 Å². The smallest absolute Gasteiger partial charge is 0.196 e. The van der Waals surface area contributed by atoms with E-state index in [9.17, 15) is 0 Å². The zero-order valence-corrected chi connectivity index (χ0v) is 11.1. The van der Waals surface area contributed by atoms with E-state index in [4.69, 9.17) is 12.2 Å². The van der Waals surface area contributed by atoms with Gasteiger partial charge in [0.25, 0.3) is 0 Å². The number of fused-ring (bicyclic) bond motifs is 1. The van der Waals surface area contributed by atoms with E-state index in [-0.39, 0.29) is 0 Å². The lowest BCUT2D eigenvalue weighted by Crippen LogP contribution is -2.31. The van der Waals surface area contributed by atoms with Crippen LogP contribution in [0.3, 0.4) is 0 Å². The molecule has 0 atom stereocenters. The van der Waals surface area contributed by atoms with Crippen molar-refractivity contribution in [1.29, 1.82) is 0 Å². The van der Waals surface area contributed by atoms with Crippen LogP contribution < -0.4 is 0 Å². The summed E-state index contributed by atoms with van der Waals surface area (Å²) in [4.78, 5) is 9.70. The minimum Gasteiger partial charge on any atom is -0.334 e. The summed E-state index contributed by atoms with van der Waals surface area (Å²) in [5.74, 6) is 0. The fourth-order valence-corrected chi connectivity index (χ4v) is 2.49. The van der Waals surface area contributed by atoms with Crippen LogP contribution in [0.5, 0.6) is 0 Å². The average Bonchev–Trinajstić information content (AvgIpc) is 2.75. The Hall–Kier alpha value is -1.53. The molecule has 0 spiro atoms. The monoisotopic (exact) mass is 261 g/mol. The summed E-state index contributed by atoms with van der Waals surface area (Å²) in [6.07, 6.45) is 4.86. The molecule has 2 aromatic rings. The number of aromatic nitrogens is 4. The first kappa shape index (κ1) is 11.6. The van der Waals surface area contributed by atoms with Crippen molar-refractivity contribution in [2.24, 2.45) is 7.05 Å². The standard InChI is InChI=1S/C12H15N5S/c1-16-4-2-10(15-16)8-17-5-3-11-9(7-17)6-13-12(18)14-11/h2,4,6H,3,5,7-8H2,1H3,(H,13,14,18). The Kier molecular flexibility index (Phi) is 2.97. The van der Waals surface area contributed by atoms with Gasteiger partial charge in [-0.15, -0.1) is 0 Å². The molecule has 0 fully saturated rings. The highest BCUT2D eigenvalue weighted by Crippen LogP contribution is 2.17. The lowest BCUT2D eigenvalue weighted by atomic mass is 10.1. The van der Waals surface area contributed by atoms with Crippen molar-refractivity contribution in [2.75, 3.05) is 6.54 Å². The predicted molar refractivity (Wildman–Crippen MR) is 70.4 cm³/mol. The molecule has 1 N–H and O–H groups in total. The second-order valence-electron chi connectivity index (χ2n) is 4.63. The van der Waals surface area contributed by atoms with Crippen LogP contribution in [0.4, 0.5) is 0 Å². The summed E-state index contributed by atoms with van der Waals surface area (Å²) in [6.45, 7) is 2.82. The first-order valence-corrected chi connectivity index (χ1v) is 6.39. The van der Waals surface area contributed by atoms with E-state index < -0.39 is 0 Å². The zero-order chi connectivity index (χ0) is 12.5. The third-order valence-electron chi connectivity index (χ3n) is 3.21. The molecule has 0 aromatic carbocycles. The second kappa shape index (κ2) is 4.62. The third kappa shape index (κ3) is 2.34. The Labute approximate surface area is 110 Å². The predicted octanol–water partition coefficient (Wildman–Crippen LogP) is 1.43. The van der Waals surface area contributed by atoms with Gasteiger partial charge in [-0.2, -0.15) is 5.10 Å². The minimum atomic E-state index is 0.576. The number of hydrogen-bond donors (Lipinski definition) is 1. The van der Waals surface area contributed by atoms with Gasteiger partial charge >= 0.3 is 0 Å². The van der Waals surface area contributed by atoms with Gasteiger partial charge in [-0.1, -0.05) is 0 Å². The van der Waals surface area contributed by atoms with E-state index >= 15 is 0 Å². The molecule has 5 nitrogen and oxygen atoms in total. The van der Waals surface area contributed by atoms with E-state index in [2.05, 4.69) is 26.0 Å². The molecule has 1 aliphatic heterocycles. The topological polar surface area (TPSA) is 49.7 Å². The highest BCUT2D eigenvalue weighted by molar-refractivity contribution is 7.71. The van der Waals surface area contributed by atoms with Gasteiger partial charge in [-0.3, -0.25) is 9.58 Å². The van der Waals surface area contributed by atoms with Crippen molar-refractivity contribution in [3.63, 3.8) is 0 Å². The van der Waals surface area contributed by atoms with Crippen LogP contribution >= 0.6 is 12.2 Å². The highest BCUT2D eigenvalue weighted by Gasteiger charge is 2.17. The number of nitrogens with zero attached hydrogens (tertiary/aromatic N) is 4. The lowest BCUT2D eigenvalue weighted by molar-refractivity contribution is 0.239. The third-order valence-corrected chi connectivity index (χ3v) is 3.42. The molecule has 3 rings (SSSR count). The number of rotatable bonds is 2. The largest absolute Gasteiger partial charge is 0.334 e. The molecule has 6 heteroatoms. The van der Waals surface area contributed by atoms with E-state index in [0.717, 1.165) is 31.7 Å². The maximum Gasteiger partial charge on any atom is 0.196 e. The van der Waals surface area contributed by atoms with Crippen LogP contribution in [0.1, 0.15) is 17.0 Å². The van der Waals surface area contributed by atoms with Gasteiger partial charge in [-0.25, -0.2) is 4.98 Å². The molecular weight excluding hydrogens is 246 g/mol. The van der Waals surface area contributed by atoms with Gasteiger partial charge in [0.2, 0.25) is 0 Å². The molecule has 1 aliphatic rings. The molecule has 0 saturated carbocycles. The summed E-state index contributed by atoms with van der Waals surface area (Å²) in [7, 11) is 1.94. The van der Waals surface area contributed by atoms with Gasteiger partial charge in [0.15, 0.2) is 4.77 Å². The van der Waals surface area contributed by atoms with Gasteiger partial charge in [0.05, 0.1) is 5.69 Å². The summed E-state index contributed by atoms with van der Waals surface area (Å²) >= 11 is 5.04. The van der Waals surface area contributed by atoms with Crippen LogP contribution in [0.25, 0.3) is 0 Å². The summed E-state index contributed by atoms with van der Waals surface area (Å²) in [6, 6.07) is 2.06. The Bertz CT molecular complexity index is 615. The van der Waals surface area contributed by atoms with Crippen molar-refractivity contribution in [3.8, 4) is 0 Å². The Morgan fingerprint density at radius 3 is 3.17 bits per heavy atom. The Morgan fingerprint density at radius 1 is 1.50 bits per heavy atom. The number of aryl methyl sites for hydroxylation is 1. The van der Waals surface area contributed by atoms with Crippen molar-refractivity contribution in [3.05, 3.63) is 40.2 Å². The van der Waals surface area contributed by atoms with E-state index in [1.165, 1.54) is 11.3 Å². The summed E-state index contributed by atoms with van der Waals surface area (Å²) in [5, 5.41) is 4.41. The molecule has 2 aromatic heterocycles. The molecule has 0 aliphatic carbocycles. The SMILES string of the molecule is Cn1ccc(CN2CCc3[nH]c(=S)ncc3C2)n1. The lowest BCUT2D eigenvalue weighted by Gasteiger charge is -2.27. The van der Waals surface area contributed by atoms with Crippen molar-refractivity contribution < 1.29 is 0 Å². The van der Waals surface area contributed by atoms with Gasteiger partial charge in [0, 0.05) is 56.8 Å². The average molecular weight is 261 g/mol. The van der Waals surface area contributed by atoms with E-state index in [0.29, 0.717) is 4.77 Å². The molecule has 0 radical (unpaired) electrons. The molecule has 0 amide bonds. The number of nitrogens with one attached hydrogen (secondary N) is 1. The molecule has 94 valence electrons. The van der Waals surface area contributed by atoms with E-state index in [1.54, 1.807) is 0 Å². The van der Waals surface area contributed by atoms with Gasteiger partial charge < -0.3 is 4.98 Å². The summed E-state index contributed by atoms with van der Waals surface area (Å²) in [5.41, 5.74) is 3.58. The molecule has 0 bridgehead atoms. The molecule has 0 saturated heterocycles. The summed E-state index contributed by atoms with van der Waals surface area (Å²) < 4.78 is 2.42. The minimum absolute atomic E-state index is 0.576. The number of H-pyrrole nitrogens is 1. The maximum atomic E-state index is 5.04.